The van der Waals surface area contributed by atoms with Crippen LogP contribution in [0.3, 0.4) is 0 Å². The van der Waals surface area contributed by atoms with Crippen molar-refractivity contribution in [3.05, 3.63) is 29.6 Å². The summed E-state index contributed by atoms with van der Waals surface area (Å²) in [6, 6.07) is 5.40. The van der Waals surface area contributed by atoms with Crippen LogP contribution in [-0.4, -0.2) is 74.1 Å². The number of carbonyl (C=O) groups is 1. The summed E-state index contributed by atoms with van der Waals surface area (Å²) in [6.45, 7) is 6.45. The zero-order chi connectivity index (χ0) is 19.9. The molecule has 0 spiro atoms. The lowest BCUT2D eigenvalue weighted by Gasteiger charge is -2.36. The SMILES string of the molecule is CCOc1ccc(CNC(=NC)N2CCN(CC(=O)NC3CC3)CC2)cc1F. The van der Waals surface area contributed by atoms with Crippen LogP contribution in [0.1, 0.15) is 25.3 Å². The van der Waals surface area contributed by atoms with Crippen molar-refractivity contribution in [2.24, 2.45) is 4.99 Å². The Hall–Kier alpha value is -2.35. The molecule has 1 saturated heterocycles. The molecule has 8 heteroatoms. The van der Waals surface area contributed by atoms with E-state index in [2.05, 4.69) is 25.4 Å². The van der Waals surface area contributed by atoms with Gasteiger partial charge in [-0.25, -0.2) is 4.39 Å². The van der Waals surface area contributed by atoms with E-state index in [0.717, 1.165) is 50.5 Å². The van der Waals surface area contributed by atoms with Gasteiger partial charge in [0.05, 0.1) is 13.2 Å². The number of nitrogens with one attached hydrogen (secondary N) is 2. The fourth-order valence-electron chi connectivity index (χ4n) is 3.26. The highest BCUT2D eigenvalue weighted by molar-refractivity contribution is 5.80. The van der Waals surface area contributed by atoms with Crippen molar-refractivity contribution in [2.45, 2.75) is 32.4 Å². The summed E-state index contributed by atoms with van der Waals surface area (Å²) in [7, 11) is 1.75. The second-order valence-corrected chi connectivity index (χ2v) is 7.20. The van der Waals surface area contributed by atoms with Crippen molar-refractivity contribution < 1.29 is 13.9 Å². The van der Waals surface area contributed by atoms with E-state index in [0.29, 0.717) is 25.7 Å². The zero-order valence-electron chi connectivity index (χ0n) is 16.7. The van der Waals surface area contributed by atoms with Gasteiger partial charge in [-0.2, -0.15) is 0 Å². The minimum atomic E-state index is -0.353. The van der Waals surface area contributed by atoms with Crippen LogP contribution in [0.4, 0.5) is 4.39 Å². The van der Waals surface area contributed by atoms with Gasteiger partial charge in [0.1, 0.15) is 0 Å². The molecule has 0 aromatic heterocycles. The van der Waals surface area contributed by atoms with Crippen LogP contribution >= 0.6 is 0 Å². The molecule has 0 radical (unpaired) electrons. The van der Waals surface area contributed by atoms with Gasteiger partial charge in [0.25, 0.3) is 0 Å². The third kappa shape index (κ3) is 5.82. The number of halogens is 1. The summed E-state index contributed by atoms with van der Waals surface area (Å²) in [6.07, 6.45) is 2.22. The second kappa shape index (κ2) is 9.73. The summed E-state index contributed by atoms with van der Waals surface area (Å²) in [5.41, 5.74) is 0.831. The Morgan fingerprint density at radius 2 is 2.04 bits per heavy atom. The fourth-order valence-corrected chi connectivity index (χ4v) is 3.26. The molecule has 2 fully saturated rings. The number of piperazine rings is 1. The number of guanidine groups is 1. The van der Waals surface area contributed by atoms with E-state index in [1.807, 2.05) is 13.0 Å². The molecule has 7 nitrogen and oxygen atoms in total. The maximum atomic E-state index is 14.0. The predicted molar refractivity (Wildman–Crippen MR) is 107 cm³/mol. The van der Waals surface area contributed by atoms with Crippen molar-refractivity contribution in [1.29, 1.82) is 0 Å². The van der Waals surface area contributed by atoms with Gasteiger partial charge in [0.15, 0.2) is 17.5 Å². The average molecular weight is 391 g/mol. The minimum Gasteiger partial charge on any atom is -0.491 e. The molecule has 0 unspecified atom stereocenters. The molecule has 1 saturated carbocycles. The largest absolute Gasteiger partial charge is 0.491 e. The molecule has 154 valence electrons. The Labute approximate surface area is 165 Å². The molecule has 2 N–H and O–H groups in total. The third-order valence-electron chi connectivity index (χ3n) is 4.94. The molecule has 1 aromatic carbocycles. The fraction of sp³-hybridized carbons (Fsp3) is 0.600. The van der Waals surface area contributed by atoms with E-state index in [4.69, 9.17) is 4.74 Å². The number of hydrogen-bond donors (Lipinski definition) is 2. The van der Waals surface area contributed by atoms with Crippen molar-refractivity contribution in [3.63, 3.8) is 0 Å². The Bertz CT molecular complexity index is 700. The highest BCUT2D eigenvalue weighted by Gasteiger charge is 2.25. The van der Waals surface area contributed by atoms with Crippen LogP contribution in [-0.2, 0) is 11.3 Å². The maximum absolute atomic E-state index is 14.0. The van der Waals surface area contributed by atoms with Crippen molar-refractivity contribution in [3.8, 4) is 5.75 Å². The van der Waals surface area contributed by atoms with Crippen LogP contribution < -0.4 is 15.4 Å². The van der Waals surface area contributed by atoms with Crippen molar-refractivity contribution in [1.82, 2.24) is 20.4 Å². The molecule has 0 bridgehead atoms. The first-order chi connectivity index (χ1) is 13.6. The summed E-state index contributed by atoms with van der Waals surface area (Å²) in [5.74, 6) is 0.832. The Balaban J connectivity index is 1.44. The van der Waals surface area contributed by atoms with E-state index in [1.54, 1.807) is 13.1 Å². The van der Waals surface area contributed by atoms with E-state index in [9.17, 15) is 9.18 Å². The van der Waals surface area contributed by atoms with E-state index in [1.165, 1.54) is 6.07 Å². The molecule has 1 aliphatic heterocycles. The first kappa shape index (κ1) is 20.4. The van der Waals surface area contributed by atoms with Gasteiger partial charge < -0.3 is 20.3 Å². The smallest absolute Gasteiger partial charge is 0.234 e. The molecule has 1 aromatic rings. The molecule has 1 aliphatic carbocycles. The minimum absolute atomic E-state index is 0.121. The number of rotatable bonds is 7. The molecule has 3 rings (SSSR count). The monoisotopic (exact) mass is 391 g/mol. The van der Waals surface area contributed by atoms with Crippen LogP contribution in [0.2, 0.25) is 0 Å². The van der Waals surface area contributed by atoms with Gasteiger partial charge in [0, 0.05) is 45.8 Å². The summed E-state index contributed by atoms with van der Waals surface area (Å²) >= 11 is 0. The molecule has 1 amide bonds. The molecule has 0 atom stereocenters. The molecular formula is C20H30FN5O2. The van der Waals surface area contributed by atoms with E-state index in [-0.39, 0.29) is 17.5 Å². The lowest BCUT2D eigenvalue weighted by atomic mass is 10.2. The van der Waals surface area contributed by atoms with E-state index >= 15 is 0 Å². The number of aliphatic imine (C=N–C) groups is 1. The average Bonchev–Trinajstić information content (AvgIpc) is 3.49. The lowest BCUT2D eigenvalue weighted by Crippen LogP contribution is -2.54. The number of carbonyl (C=O) groups excluding carboxylic acids is 1. The van der Waals surface area contributed by atoms with Gasteiger partial charge in [0.2, 0.25) is 5.91 Å². The number of hydrogen-bond acceptors (Lipinski definition) is 4. The number of amides is 1. The molecule has 28 heavy (non-hydrogen) atoms. The molecule has 1 heterocycles. The Morgan fingerprint density at radius 3 is 2.64 bits per heavy atom. The first-order valence-electron chi connectivity index (χ1n) is 9.97. The quantitative estimate of drug-likeness (QED) is 0.540. The topological polar surface area (TPSA) is 69.2 Å². The second-order valence-electron chi connectivity index (χ2n) is 7.20. The van der Waals surface area contributed by atoms with Gasteiger partial charge in [-0.1, -0.05) is 6.07 Å². The normalized spacial score (nSPS) is 18.1. The number of nitrogens with zero attached hydrogens (tertiary/aromatic N) is 3. The van der Waals surface area contributed by atoms with Gasteiger partial charge in [-0.3, -0.25) is 14.7 Å². The number of ether oxygens (including phenoxy) is 1. The van der Waals surface area contributed by atoms with Crippen molar-refractivity contribution >= 4 is 11.9 Å². The van der Waals surface area contributed by atoms with Gasteiger partial charge in [-0.15, -0.1) is 0 Å². The zero-order valence-corrected chi connectivity index (χ0v) is 16.7. The highest BCUT2D eigenvalue weighted by Crippen LogP contribution is 2.19. The predicted octanol–water partition coefficient (Wildman–Crippen LogP) is 1.20. The Kier molecular flexibility index (Phi) is 7.08. The van der Waals surface area contributed by atoms with Crippen LogP contribution in [0.15, 0.2) is 23.2 Å². The Morgan fingerprint density at radius 1 is 1.29 bits per heavy atom. The first-order valence-corrected chi connectivity index (χ1v) is 9.97. The van der Waals surface area contributed by atoms with Crippen LogP contribution in [0.5, 0.6) is 5.75 Å². The molecular weight excluding hydrogens is 361 g/mol. The summed E-state index contributed by atoms with van der Waals surface area (Å²) in [5, 5.41) is 6.33. The lowest BCUT2D eigenvalue weighted by molar-refractivity contribution is -0.122. The van der Waals surface area contributed by atoms with E-state index < -0.39 is 0 Å². The third-order valence-corrected chi connectivity index (χ3v) is 4.94. The summed E-state index contributed by atoms with van der Waals surface area (Å²) in [4.78, 5) is 20.6. The maximum Gasteiger partial charge on any atom is 0.234 e. The van der Waals surface area contributed by atoms with Gasteiger partial charge >= 0.3 is 0 Å². The highest BCUT2D eigenvalue weighted by atomic mass is 19.1. The number of benzene rings is 1. The van der Waals surface area contributed by atoms with Crippen LogP contribution in [0.25, 0.3) is 0 Å². The van der Waals surface area contributed by atoms with Crippen molar-refractivity contribution in [2.75, 3.05) is 46.4 Å². The standard InChI is InChI=1S/C20H30FN5O2/c1-3-28-18-7-4-15(12-17(18)21)13-23-20(22-2)26-10-8-25(9-11-26)14-19(27)24-16-5-6-16/h4,7,12,16H,3,5-6,8-11,13-14H2,1-2H3,(H,22,23)(H,24,27). The molecule has 2 aliphatic rings. The van der Waals surface area contributed by atoms with Gasteiger partial charge in [-0.05, 0) is 37.5 Å². The summed E-state index contributed by atoms with van der Waals surface area (Å²) < 4.78 is 19.2. The van der Waals surface area contributed by atoms with Crippen LogP contribution in [0, 0.1) is 5.82 Å².